The molecule has 164 valence electrons. The van der Waals surface area contributed by atoms with E-state index < -0.39 is 0 Å². The number of aromatic amines is 1. The molecular weight excluding hydrogens is 412 g/mol. The van der Waals surface area contributed by atoms with Gasteiger partial charge in [0, 0.05) is 40.4 Å². The van der Waals surface area contributed by atoms with Crippen LogP contribution in [0.4, 0.5) is 0 Å². The monoisotopic (exact) mass is 436 g/mol. The molecule has 2 aromatic carbocycles. The van der Waals surface area contributed by atoms with Crippen molar-refractivity contribution >= 4 is 22.8 Å². The lowest BCUT2D eigenvalue weighted by Gasteiger charge is -2.18. The molecule has 6 nitrogen and oxygen atoms in total. The third-order valence-electron chi connectivity index (χ3n) is 6.92. The van der Waals surface area contributed by atoms with Crippen LogP contribution in [0.1, 0.15) is 35.2 Å². The quantitative estimate of drug-likeness (QED) is 0.462. The number of imide groups is 1. The molecule has 1 saturated carbocycles. The molecule has 1 aliphatic heterocycles. The first-order valence-electron chi connectivity index (χ1n) is 11.4. The van der Waals surface area contributed by atoms with Gasteiger partial charge in [-0.1, -0.05) is 42.5 Å². The van der Waals surface area contributed by atoms with Crippen molar-refractivity contribution in [2.24, 2.45) is 11.7 Å². The number of hydrogen-bond acceptors (Lipinski definition) is 4. The van der Waals surface area contributed by atoms with E-state index in [1.54, 1.807) is 0 Å². The highest BCUT2D eigenvalue weighted by atomic mass is 16.2. The fourth-order valence-electron chi connectivity index (χ4n) is 5.18. The van der Waals surface area contributed by atoms with Crippen LogP contribution in [0.3, 0.4) is 0 Å². The van der Waals surface area contributed by atoms with Crippen LogP contribution in [0.25, 0.3) is 33.4 Å². The second-order valence-electron chi connectivity index (χ2n) is 9.04. The number of aromatic nitrogens is 2. The Kier molecular flexibility index (Phi) is 4.62. The van der Waals surface area contributed by atoms with Crippen LogP contribution >= 0.6 is 0 Å². The molecule has 0 bridgehead atoms. The first kappa shape index (κ1) is 19.9. The SMILES string of the molecule is NC1CCC(C(=O)N2Cc3c(cccc3-c3cnc4[nH]c(-c5ccccc5)cc4c3)C2=O)C1. The van der Waals surface area contributed by atoms with E-state index in [4.69, 9.17) is 5.73 Å². The molecular formula is C27H24N4O2. The maximum absolute atomic E-state index is 13.1. The van der Waals surface area contributed by atoms with Crippen molar-refractivity contribution in [1.29, 1.82) is 0 Å². The van der Waals surface area contributed by atoms with E-state index in [0.717, 1.165) is 51.8 Å². The fourth-order valence-corrected chi connectivity index (χ4v) is 5.18. The van der Waals surface area contributed by atoms with Crippen LogP contribution in [0.2, 0.25) is 0 Å². The van der Waals surface area contributed by atoms with Gasteiger partial charge in [-0.2, -0.15) is 0 Å². The predicted octanol–water partition coefficient (Wildman–Crippen LogP) is 4.51. The molecule has 1 fully saturated rings. The maximum atomic E-state index is 13.1. The number of amides is 2. The number of nitrogens with two attached hydrogens (primary N) is 1. The number of H-pyrrole nitrogens is 1. The Morgan fingerprint density at radius 3 is 2.61 bits per heavy atom. The van der Waals surface area contributed by atoms with Crippen LogP contribution in [-0.2, 0) is 11.3 Å². The average Bonchev–Trinajstić information content (AvgIpc) is 3.56. The molecule has 1 aliphatic carbocycles. The number of benzene rings is 2. The Morgan fingerprint density at radius 1 is 1.00 bits per heavy atom. The molecule has 6 rings (SSSR count). The van der Waals surface area contributed by atoms with Crippen molar-refractivity contribution in [1.82, 2.24) is 14.9 Å². The van der Waals surface area contributed by atoms with Gasteiger partial charge < -0.3 is 10.7 Å². The fraction of sp³-hybridized carbons (Fsp3) is 0.222. The van der Waals surface area contributed by atoms with Crippen LogP contribution < -0.4 is 5.73 Å². The number of fused-ring (bicyclic) bond motifs is 2. The number of carbonyl (C=O) groups is 2. The van der Waals surface area contributed by atoms with Gasteiger partial charge in [0.25, 0.3) is 5.91 Å². The van der Waals surface area contributed by atoms with Gasteiger partial charge in [0.2, 0.25) is 5.91 Å². The summed E-state index contributed by atoms with van der Waals surface area (Å²) in [6.07, 6.45) is 4.08. The maximum Gasteiger partial charge on any atom is 0.261 e. The number of nitrogens with zero attached hydrogens (tertiary/aromatic N) is 2. The number of carbonyl (C=O) groups excluding carboxylic acids is 2. The summed E-state index contributed by atoms with van der Waals surface area (Å²) in [5.74, 6) is -0.461. The smallest absolute Gasteiger partial charge is 0.261 e. The summed E-state index contributed by atoms with van der Waals surface area (Å²) in [6, 6.07) is 20.1. The minimum Gasteiger partial charge on any atom is -0.339 e. The summed E-state index contributed by atoms with van der Waals surface area (Å²) >= 11 is 0. The average molecular weight is 437 g/mol. The lowest BCUT2D eigenvalue weighted by atomic mass is 9.97. The van der Waals surface area contributed by atoms with Crippen molar-refractivity contribution in [3.05, 3.63) is 78.0 Å². The highest BCUT2D eigenvalue weighted by Gasteiger charge is 2.39. The molecule has 2 aliphatic rings. The summed E-state index contributed by atoms with van der Waals surface area (Å²) in [5, 5.41) is 1.00. The molecule has 2 atom stereocenters. The largest absolute Gasteiger partial charge is 0.339 e. The van der Waals surface area contributed by atoms with Crippen LogP contribution in [0, 0.1) is 5.92 Å². The van der Waals surface area contributed by atoms with Crippen LogP contribution in [0.15, 0.2) is 66.9 Å². The van der Waals surface area contributed by atoms with Gasteiger partial charge in [-0.3, -0.25) is 14.5 Å². The third-order valence-corrected chi connectivity index (χ3v) is 6.92. The molecule has 0 spiro atoms. The van der Waals surface area contributed by atoms with E-state index in [2.05, 4.69) is 34.2 Å². The van der Waals surface area contributed by atoms with Gasteiger partial charge in [-0.05, 0) is 54.2 Å². The first-order valence-corrected chi connectivity index (χ1v) is 11.4. The van der Waals surface area contributed by atoms with Crippen LogP contribution in [-0.4, -0.2) is 32.7 Å². The topological polar surface area (TPSA) is 92.1 Å². The molecule has 2 aromatic heterocycles. The molecule has 4 aromatic rings. The number of nitrogens with one attached hydrogen (secondary N) is 1. The van der Waals surface area contributed by atoms with Gasteiger partial charge in [-0.15, -0.1) is 0 Å². The summed E-state index contributed by atoms with van der Waals surface area (Å²) in [6.45, 7) is 0.301. The van der Waals surface area contributed by atoms with E-state index in [1.807, 2.05) is 42.6 Å². The van der Waals surface area contributed by atoms with Gasteiger partial charge >= 0.3 is 0 Å². The number of pyridine rings is 1. The molecule has 0 saturated heterocycles. The van der Waals surface area contributed by atoms with Gasteiger partial charge in [0.1, 0.15) is 5.65 Å². The van der Waals surface area contributed by atoms with Crippen molar-refractivity contribution in [2.45, 2.75) is 31.8 Å². The highest BCUT2D eigenvalue weighted by molar-refractivity contribution is 6.09. The lowest BCUT2D eigenvalue weighted by molar-refractivity contribution is -0.132. The van der Waals surface area contributed by atoms with Gasteiger partial charge in [0.05, 0.1) is 6.54 Å². The summed E-state index contributed by atoms with van der Waals surface area (Å²) < 4.78 is 0. The Hall–Kier alpha value is -3.77. The number of rotatable bonds is 3. The molecule has 2 amide bonds. The van der Waals surface area contributed by atoms with E-state index in [1.165, 1.54) is 4.90 Å². The van der Waals surface area contributed by atoms with E-state index in [9.17, 15) is 9.59 Å². The predicted molar refractivity (Wildman–Crippen MR) is 127 cm³/mol. The molecule has 33 heavy (non-hydrogen) atoms. The molecule has 6 heteroatoms. The normalized spacial score (nSPS) is 19.9. The molecule has 3 heterocycles. The van der Waals surface area contributed by atoms with Crippen molar-refractivity contribution in [2.75, 3.05) is 0 Å². The van der Waals surface area contributed by atoms with Crippen molar-refractivity contribution in [3.63, 3.8) is 0 Å². The van der Waals surface area contributed by atoms with Crippen LogP contribution in [0.5, 0.6) is 0 Å². The Labute approximate surface area is 191 Å². The van der Waals surface area contributed by atoms with E-state index in [-0.39, 0.29) is 23.8 Å². The Morgan fingerprint density at radius 2 is 1.82 bits per heavy atom. The summed E-state index contributed by atoms with van der Waals surface area (Å²) in [7, 11) is 0. The van der Waals surface area contributed by atoms with Gasteiger partial charge in [0.15, 0.2) is 0 Å². The standard InChI is InChI=1S/C27H24N4O2/c28-20-10-9-17(12-20)26(32)31-15-23-21(7-4-8-22(23)27(31)33)19-11-18-13-24(30-25(18)29-14-19)16-5-2-1-3-6-16/h1-8,11,13-14,17,20H,9-10,12,15,28H2,(H,29,30). The zero-order valence-corrected chi connectivity index (χ0v) is 18.1. The molecule has 2 unspecified atom stereocenters. The highest BCUT2D eigenvalue weighted by Crippen LogP contribution is 2.36. The van der Waals surface area contributed by atoms with E-state index in [0.29, 0.717) is 18.5 Å². The summed E-state index contributed by atoms with van der Waals surface area (Å²) in [5.41, 5.74) is 12.3. The Balaban J connectivity index is 1.35. The zero-order valence-electron chi connectivity index (χ0n) is 18.1. The second kappa shape index (κ2) is 7.67. The van der Waals surface area contributed by atoms with Gasteiger partial charge in [-0.25, -0.2) is 4.98 Å². The molecule has 3 N–H and O–H groups in total. The lowest BCUT2D eigenvalue weighted by Crippen LogP contribution is -2.36. The summed E-state index contributed by atoms with van der Waals surface area (Å²) in [4.78, 5) is 35.6. The minimum atomic E-state index is -0.209. The first-order chi connectivity index (χ1) is 16.1. The van der Waals surface area contributed by atoms with Crippen molar-refractivity contribution in [3.8, 4) is 22.4 Å². The second-order valence-corrected chi connectivity index (χ2v) is 9.04. The Bertz CT molecular complexity index is 1390. The number of hydrogen-bond donors (Lipinski definition) is 2. The van der Waals surface area contributed by atoms with E-state index >= 15 is 0 Å². The zero-order chi connectivity index (χ0) is 22.5. The van der Waals surface area contributed by atoms with Crippen molar-refractivity contribution < 1.29 is 9.59 Å². The minimum absolute atomic E-state index is 0.0505. The molecule has 0 radical (unpaired) electrons. The third kappa shape index (κ3) is 3.34.